The first-order chi connectivity index (χ1) is 7.74. The van der Waals surface area contributed by atoms with Crippen LogP contribution in [0.25, 0.3) is 0 Å². The molecule has 0 aliphatic carbocycles. The zero-order valence-electron chi connectivity index (χ0n) is 8.00. The number of rotatable bonds is 3. The highest BCUT2D eigenvalue weighted by molar-refractivity contribution is 7.89. The van der Waals surface area contributed by atoms with Crippen molar-refractivity contribution in [2.24, 2.45) is 5.73 Å². The Morgan fingerprint density at radius 1 is 1.24 bits per heavy atom. The number of hydrazine groups is 1. The molecule has 94 valence electrons. The summed E-state index contributed by atoms with van der Waals surface area (Å²) in [6.45, 7) is 0. The minimum atomic E-state index is -3.98. The zero-order chi connectivity index (χ0) is 13.2. The van der Waals surface area contributed by atoms with Crippen LogP contribution in [0.3, 0.4) is 0 Å². The van der Waals surface area contributed by atoms with Gasteiger partial charge in [0.25, 0.3) is 10.0 Å². The molecule has 1 aromatic carbocycles. The Bertz CT molecular complexity index is 538. The molecule has 4 N–H and O–H groups in total. The third-order valence-electron chi connectivity index (χ3n) is 1.54. The van der Waals surface area contributed by atoms with E-state index in [4.69, 9.17) is 40.5 Å². The fourth-order valence-electron chi connectivity index (χ4n) is 0.954. The van der Waals surface area contributed by atoms with E-state index in [-0.39, 0.29) is 25.1 Å². The van der Waals surface area contributed by atoms with Gasteiger partial charge in [0.2, 0.25) is 0 Å². The second-order valence-electron chi connectivity index (χ2n) is 2.79. The third-order valence-corrected chi connectivity index (χ3v) is 4.03. The van der Waals surface area contributed by atoms with Crippen LogP contribution < -0.4 is 16.0 Å². The topological polar surface area (TPSA) is 84.2 Å². The maximum absolute atomic E-state index is 11.8. The van der Waals surface area contributed by atoms with Crippen LogP contribution in [-0.4, -0.2) is 13.5 Å². The van der Waals surface area contributed by atoms with Crippen LogP contribution in [0.4, 0.5) is 0 Å². The van der Waals surface area contributed by atoms with E-state index in [2.05, 4.69) is 17.6 Å². The standard InChI is InChI=1S/C7H6Cl3N3O2S2/c8-3-1-4(9)6(5(10)2-3)17(14,15)13-12-7(11)16/h1-2,13H,(H3,11,12,16). The van der Waals surface area contributed by atoms with Gasteiger partial charge in [-0.3, -0.25) is 5.43 Å². The summed E-state index contributed by atoms with van der Waals surface area (Å²) in [5.74, 6) is 0. The van der Waals surface area contributed by atoms with E-state index in [9.17, 15) is 8.42 Å². The molecule has 0 saturated heterocycles. The van der Waals surface area contributed by atoms with E-state index in [1.54, 1.807) is 0 Å². The van der Waals surface area contributed by atoms with Crippen molar-refractivity contribution in [3.8, 4) is 0 Å². The van der Waals surface area contributed by atoms with E-state index in [1.165, 1.54) is 12.1 Å². The van der Waals surface area contributed by atoms with E-state index in [1.807, 2.05) is 4.83 Å². The van der Waals surface area contributed by atoms with Crippen molar-refractivity contribution in [1.29, 1.82) is 0 Å². The number of thiocarbonyl (C=S) groups is 1. The number of sulfonamides is 1. The summed E-state index contributed by atoms with van der Waals surface area (Å²) in [7, 11) is -3.98. The molecule has 1 aromatic rings. The molecule has 0 aliphatic rings. The van der Waals surface area contributed by atoms with Crippen LogP contribution in [0, 0.1) is 0 Å². The summed E-state index contributed by atoms with van der Waals surface area (Å²) in [4.78, 5) is 1.61. The maximum atomic E-state index is 11.8. The molecule has 0 heterocycles. The van der Waals surface area contributed by atoms with E-state index in [0.29, 0.717) is 0 Å². The average Bonchev–Trinajstić information content (AvgIpc) is 2.12. The van der Waals surface area contributed by atoms with Crippen molar-refractivity contribution < 1.29 is 8.42 Å². The SMILES string of the molecule is NC(=S)NNS(=O)(=O)c1c(Cl)cc(Cl)cc1Cl. The average molecular weight is 335 g/mol. The van der Waals surface area contributed by atoms with Gasteiger partial charge in [-0.1, -0.05) is 34.8 Å². The fourth-order valence-corrected chi connectivity index (χ4v) is 3.47. The number of nitrogens with two attached hydrogens (primary N) is 1. The summed E-state index contributed by atoms with van der Waals surface area (Å²) in [5, 5.41) is -0.240. The molecule has 0 amide bonds. The molecule has 0 unspecified atom stereocenters. The molecule has 0 bridgehead atoms. The normalized spacial score (nSPS) is 11.2. The second-order valence-corrected chi connectivity index (χ2v) is 6.10. The Kier molecular flexibility index (Phi) is 4.82. The molecule has 0 aromatic heterocycles. The Balaban J connectivity index is 3.20. The minimum absolute atomic E-state index is 0.111. The van der Waals surface area contributed by atoms with Gasteiger partial charge < -0.3 is 5.73 Å². The van der Waals surface area contributed by atoms with Crippen molar-refractivity contribution >= 4 is 62.2 Å². The Morgan fingerprint density at radius 2 is 1.71 bits per heavy atom. The lowest BCUT2D eigenvalue weighted by molar-refractivity contribution is 0.577. The first-order valence-corrected chi connectivity index (χ1v) is 6.98. The van der Waals surface area contributed by atoms with Crippen molar-refractivity contribution in [3.05, 3.63) is 27.2 Å². The molecule has 1 rings (SSSR count). The summed E-state index contributed by atoms with van der Waals surface area (Å²) >= 11 is 21.6. The van der Waals surface area contributed by atoms with Crippen molar-refractivity contribution in [2.75, 3.05) is 0 Å². The lowest BCUT2D eigenvalue weighted by atomic mass is 10.4. The van der Waals surface area contributed by atoms with Gasteiger partial charge in [-0.25, -0.2) is 8.42 Å². The molecule has 0 saturated carbocycles. The number of nitrogens with one attached hydrogen (secondary N) is 2. The van der Waals surface area contributed by atoms with Crippen LogP contribution in [0.15, 0.2) is 17.0 Å². The van der Waals surface area contributed by atoms with Crippen LogP contribution in [0.2, 0.25) is 15.1 Å². The van der Waals surface area contributed by atoms with Gasteiger partial charge in [0.1, 0.15) is 4.90 Å². The highest BCUT2D eigenvalue weighted by atomic mass is 35.5. The van der Waals surface area contributed by atoms with Gasteiger partial charge in [-0.2, -0.15) is 0 Å². The quantitative estimate of drug-likeness (QED) is 0.578. The number of benzene rings is 1. The van der Waals surface area contributed by atoms with Gasteiger partial charge >= 0.3 is 0 Å². The Hall–Kier alpha value is -0.310. The molecule has 10 heteroatoms. The Morgan fingerprint density at radius 3 is 2.12 bits per heavy atom. The summed E-state index contributed by atoms with van der Waals surface area (Å²) in [6.07, 6.45) is 0. The third kappa shape index (κ3) is 3.84. The molecule has 0 spiro atoms. The summed E-state index contributed by atoms with van der Waals surface area (Å²) in [5.41, 5.74) is 7.16. The van der Waals surface area contributed by atoms with E-state index in [0.717, 1.165) is 0 Å². The van der Waals surface area contributed by atoms with Crippen LogP contribution in [0.1, 0.15) is 0 Å². The van der Waals surface area contributed by atoms with Crippen molar-refractivity contribution in [2.45, 2.75) is 4.90 Å². The van der Waals surface area contributed by atoms with Crippen LogP contribution in [0.5, 0.6) is 0 Å². The number of hydrogen-bond acceptors (Lipinski definition) is 3. The Labute approximate surface area is 118 Å². The van der Waals surface area contributed by atoms with Crippen molar-refractivity contribution in [3.63, 3.8) is 0 Å². The lowest BCUT2D eigenvalue weighted by Crippen LogP contribution is -2.44. The van der Waals surface area contributed by atoms with Crippen LogP contribution in [-0.2, 0) is 10.0 Å². The van der Waals surface area contributed by atoms with Gasteiger partial charge in [-0.05, 0) is 24.4 Å². The monoisotopic (exact) mass is 333 g/mol. The summed E-state index contributed by atoms with van der Waals surface area (Å²) < 4.78 is 23.6. The smallest absolute Gasteiger partial charge is 0.260 e. The van der Waals surface area contributed by atoms with Gasteiger partial charge in [0, 0.05) is 5.02 Å². The maximum Gasteiger partial charge on any atom is 0.260 e. The zero-order valence-corrected chi connectivity index (χ0v) is 11.9. The van der Waals surface area contributed by atoms with Gasteiger partial charge in [-0.15, -0.1) is 4.83 Å². The molecule has 17 heavy (non-hydrogen) atoms. The summed E-state index contributed by atoms with van der Waals surface area (Å²) in [6, 6.07) is 2.51. The molecule has 0 radical (unpaired) electrons. The first-order valence-electron chi connectivity index (χ1n) is 3.96. The molecule has 5 nitrogen and oxygen atoms in total. The molecule has 0 fully saturated rings. The van der Waals surface area contributed by atoms with Crippen molar-refractivity contribution in [1.82, 2.24) is 10.3 Å². The largest absolute Gasteiger partial charge is 0.375 e. The molecular formula is C7H6Cl3N3O2S2. The predicted molar refractivity (Wildman–Crippen MR) is 71.7 cm³/mol. The van der Waals surface area contributed by atoms with E-state index >= 15 is 0 Å². The highest BCUT2D eigenvalue weighted by Crippen LogP contribution is 2.32. The molecule has 0 atom stereocenters. The van der Waals surface area contributed by atoms with E-state index < -0.39 is 10.0 Å². The number of hydrogen-bond donors (Lipinski definition) is 3. The lowest BCUT2D eigenvalue weighted by Gasteiger charge is -2.10. The molecular weight excluding hydrogens is 329 g/mol. The first kappa shape index (κ1) is 14.7. The van der Waals surface area contributed by atoms with Gasteiger partial charge in [0.05, 0.1) is 10.0 Å². The second kappa shape index (κ2) is 5.55. The highest BCUT2D eigenvalue weighted by Gasteiger charge is 2.22. The fraction of sp³-hybridized carbons (Fsp3) is 0. The van der Waals surface area contributed by atoms with Crippen LogP contribution >= 0.6 is 47.0 Å². The minimum Gasteiger partial charge on any atom is -0.375 e. The predicted octanol–water partition coefficient (Wildman–Crippen LogP) is 1.67. The van der Waals surface area contributed by atoms with Gasteiger partial charge in [0.15, 0.2) is 5.11 Å². The number of halogens is 3. The molecule has 0 aliphatic heterocycles.